The minimum Gasteiger partial charge on any atom is -0.368 e. The van der Waals surface area contributed by atoms with E-state index in [0.29, 0.717) is 10.9 Å². The highest BCUT2D eigenvalue weighted by Gasteiger charge is 2.41. The summed E-state index contributed by atoms with van der Waals surface area (Å²) in [5.41, 5.74) is 1.000. The first-order chi connectivity index (χ1) is 9.94. The van der Waals surface area contributed by atoms with Gasteiger partial charge in [0, 0.05) is 17.3 Å². The van der Waals surface area contributed by atoms with E-state index in [-0.39, 0.29) is 6.61 Å². The summed E-state index contributed by atoms with van der Waals surface area (Å²) in [4.78, 5) is 5.59. The number of nitrogens with zero attached hydrogens (tertiary/aromatic N) is 1. The van der Waals surface area contributed by atoms with Gasteiger partial charge in [-0.25, -0.2) is 13.8 Å². The number of aromatic nitrogens is 1. The minimum absolute atomic E-state index is 0.147. The van der Waals surface area contributed by atoms with Gasteiger partial charge in [-0.3, -0.25) is 0 Å². The molecule has 8 heteroatoms. The lowest BCUT2D eigenvalue weighted by Gasteiger charge is -2.20. The van der Waals surface area contributed by atoms with Crippen LogP contribution in [0.3, 0.4) is 0 Å². The molecule has 1 aliphatic rings. The summed E-state index contributed by atoms with van der Waals surface area (Å²) in [6.45, 7) is -0.610. The summed E-state index contributed by atoms with van der Waals surface area (Å²) >= 11 is 1.43. The first-order valence-corrected chi connectivity index (χ1v) is 7.62. The Morgan fingerprint density at radius 2 is 2.24 bits per heavy atom. The number of ether oxygens (including phenoxy) is 1. The van der Waals surface area contributed by atoms with Gasteiger partial charge < -0.3 is 10.1 Å². The van der Waals surface area contributed by atoms with Gasteiger partial charge in [-0.1, -0.05) is 0 Å². The second kappa shape index (κ2) is 7.02. The second-order valence-corrected chi connectivity index (χ2v) is 6.29. The van der Waals surface area contributed by atoms with Crippen molar-refractivity contribution in [3.05, 3.63) is 15.6 Å². The monoisotopic (exact) mass is 326 g/mol. The fourth-order valence-electron chi connectivity index (χ4n) is 2.40. The van der Waals surface area contributed by atoms with Crippen molar-refractivity contribution >= 4 is 11.3 Å². The van der Waals surface area contributed by atoms with Crippen LogP contribution in [0.5, 0.6) is 0 Å². The number of likely N-dealkylation sites (N-methyl/N-ethyl adjacent to an activating group) is 1. The molecule has 1 aromatic heterocycles. The van der Waals surface area contributed by atoms with Crippen LogP contribution in [-0.2, 0) is 17.8 Å². The normalized spacial score (nSPS) is 19.0. The van der Waals surface area contributed by atoms with E-state index in [0.717, 1.165) is 36.4 Å². The Labute approximate surface area is 124 Å². The molecular weight excluding hydrogens is 308 g/mol. The average molecular weight is 326 g/mol. The molecule has 0 saturated heterocycles. The number of nitrogens with one attached hydrogen (secondary N) is 1. The van der Waals surface area contributed by atoms with Crippen LogP contribution in [0.25, 0.3) is 0 Å². The maximum absolute atomic E-state index is 12.7. The van der Waals surface area contributed by atoms with Crippen LogP contribution in [0.1, 0.15) is 34.3 Å². The average Bonchev–Trinajstić information content (AvgIpc) is 2.82. The Kier molecular flexibility index (Phi) is 5.56. The van der Waals surface area contributed by atoms with Crippen molar-refractivity contribution in [3.63, 3.8) is 0 Å². The van der Waals surface area contributed by atoms with Crippen LogP contribution in [0.15, 0.2) is 0 Å². The van der Waals surface area contributed by atoms with E-state index in [2.05, 4.69) is 10.3 Å². The number of alkyl halides is 4. The molecule has 0 spiro atoms. The van der Waals surface area contributed by atoms with Crippen molar-refractivity contribution in [1.29, 1.82) is 0 Å². The minimum atomic E-state index is -4.11. The number of fused-ring (bicyclic) bond motifs is 1. The van der Waals surface area contributed by atoms with E-state index in [1.807, 2.05) is 7.05 Å². The Morgan fingerprint density at radius 3 is 2.90 bits per heavy atom. The van der Waals surface area contributed by atoms with Crippen molar-refractivity contribution in [2.45, 2.75) is 44.1 Å². The molecule has 0 fully saturated rings. The molecule has 1 unspecified atom stereocenters. The summed E-state index contributed by atoms with van der Waals surface area (Å²) in [5, 5.41) is 3.69. The molecule has 0 bridgehead atoms. The van der Waals surface area contributed by atoms with Crippen LogP contribution in [-0.4, -0.2) is 37.5 Å². The molecule has 1 atom stereocenters. The topological polar surface area (TPSA) is 34.1 Å². The van der Waals surface area contributed by atoms with Crippen molar-refractivity contribution in [3.8, 4) is 0 Å². The zero-order valence-electron chi connectivity index (χ0n) is 11.7. The summed E-state index contributed by atoms with van der Waals surface area (Å²) < 4.78 is 54.2. The first-order valence-electron chi connectivity index (χ1n) is 6.81. The largest absolute Gasteiger partial charge is 0.368 e. The molecule has 120 valence electrons. The summed E-state index contributed by atoms with van der Waals surface area (Å²) in [6, 6.07) is 0. The van der Waals surface area contributed by atoms with Gasteiger partial charge in [0.05, 0.1) is 12.3 Å². The van der Waals surface area contributed by atoms with Gasteiger partial charge >= 0.3 is 12.3 Å². The zero-order valence-corrected chi connectivity index (χ0v) is 12.5. The van der Waals surface area contributed by atoms with E-state index in [1.165, 1.54) is 11.3 Å². The van der Waals surface area contributed by atoms with Gasteiger partial charge in [-0.15, -0.1) is 11.3 Å². The van der Waals surface area contributed by atoms with Crippen molar-refractivity contribution in [2.24, 2.45) is 0 Å². The molecule has 0 radical (unpaired) electrons. The third-order valence-electron chi connectivity index (χ3n) is 3.40. The van der Waals surface area contributed by atoms with E-state index in [1.54, 1.807) is 0 Å². The highest BCUT2D eigenvalue weighted by Crippen LogP contribution is 2.34. The van der Waals surface area contributed by atoms with Crippen LogP contribution < -0.4 is 5.32 Å². The van der Waals surface area contributed by atoms with Crippen LogP contribution >= 0.6 is 11.3 Å². The molecule has 1 heterocycles. The predicted molar refractivity (Wildman–Crippen MR) is 72.3 cm³/mol. The quantitative estimate of drug-likeness (QED) is 0.782. The maximum Gasteiger partial charge on any atom is 0.330 e. The SMILES string of the molecule is CNCC1CCCc2sc(COCC(F)(F)C(F)F)nc21. The van der Waals surface area contributed by atoms with Gasteiger partial charge in [0.25, 0.3) is 0 Å². The highest BCUT2D eigenvalue weighted by molar-refractivity contribution is 7.11. The molecule has 0 aromatic carbocycles. The van der Waals surface area contributed by atoms with Crippen LogP contribution in [0, 0.1) is 0 Å². The Hall–Kier alpha value is -0.730. The number of hydrogen-bond acceptors (Lipinski definition) is 4. The number of aryl methyl sites for hydroxylation is 1. The fraction of sp³-hybridized carbons (Fsp3) is 0.769. The van der Waals surface area contributed by atoms with Crippen molar-refractivity contribution in [2.75, 3.05) is 20.2 Å². The molecule has 1 N–H and O–H groups in total. The number of hydrogen-bond donors (Lipinski definition) is 1. The Balaban J connectivity index is 1.94. The summed E-state index contributed by atoms with van der Waals surface area (Å²) in [7, 11) is 1.87. The zero-order chi connectivity index (χ0) is 15.5. The summed E-state index contributed by atoms with van der Waals surface area (Å²) in [5.74, 6) is -3.78. The van der Waals surface area contributed by atoms with Gasteiger partial charge in [0.1, 0.15) is 11.6 Å². The third kappa shape index (κ3) is 4.14. The molecule has 1 aromatic rings. The number of rotatable bonds is 7. The van der Waals surface area contributed by atoms with Gasteiger partial charge in [-0.2, -0.15) is 8.78 Å². The molecular formula is C13H18F4N2OS. The molecule has 2 rings (SSSR count). The molecule has 21 heavy (non-hydrogen) atoms. The lowest BCUT2D eigenvalue weighted by atomic mass is 9.91. The number of halogens is 4. The van der Waals surface area contributed by atoms with Gasteiger partial charge in [0.2, 0.25) is 0 Å². The van der Waals surface area contributed by atoms with Crippen molar-refractivity contribution < 1.29 is 22.3 Å². The predicted octanol–water partition coefficient (Wildman–Crippen LogP) is 3.20. The Morgan fingerprint density at radius 1 is 1.48 bits per heavy atom. The molecule has 0 aliphatic heterocycles. The van der Waals surface area contributed by atoms with Crippen LogP contribution in [0.4, 0.5) is 17.6 Å². The lowest BCUT2D eigenvalue weighted by Crippen LogP contribution is -2.32. The number of thiazole rings is 1. The summed E-state index contributed by atoms with van der Waals surface area (Å²) in [6.07, 6.45) is -0.658. The molecule has 0 saturated carbocycles. The fourth-order valence-corrected chi connectivity index (χ4v) is 3.54. The van der Waals surface area contributed by atoms with E-state index >= 15 is 0 Å². The lowest BCUT2D eigenvalue weighted by molar-refractivity contribution is -0.168. The van der Waals surface area contributed by atoms with Gasteiger partial charge in [0.15, 0.2) is 0 Å². The molecule has 3 nitrogen and oxygen atoms in total. The third-order valence-corrected chi connectivity index (χ3v) is 4.51. The van der Waals surface area contributed by atoms with Crippen molar-refractivity contribution in [1.82, 2.24) is 10.3 Å². The van der Waals surface area contributed by atoms with Crippen LogP contribution in [0.2, 0.25) is 0 Å². The van der Waals surface area contributed by atoms with E-state index in [4.69, 9.17) is 4.74 Å². The Bertz CT molecular complexity index is 467. The van der Waals surface area contributed by atoms with E-state index < -0.39 is 19.0 Å². The first kappa shape index (κ1) is 16.6. The molecule has 0 amide bonds. The molecule has 1 aliphatic carbocycles. The highest BCUT2D eigenvalue weighted by atomic mass is 32.1. The standard InChI is InChI=1S/C13H18F4N2OS/c1-18-5-8-3-2-4-9-11(8)19-10(21-9)6-20-7-13(16,17)12(14)15/h8,12,18H,2-7H2,1H3. The van der Waals surface area contributed by atoms with Gasteiger partial charge in [-0.05, 0) is 26.3 Å². The van der Waals surface area contributed by atoms with E-state index in [9.17, 15) is 17.6 Å². The smallest absolute Gasteiger partial charge is 0.330 e. The maximum atomic E-state index is 12.7. The second-order valence-electron chi connectivity index (χ2n) is 5.12.